The number of fused-ring (bicyclic) bond motifs is 3. The molecule has 2 aromatic rings. The number of hydrogen-bond donors (Lipinski definition) is 1. The molecule has 1 aromatic carbocycles. The third kappa shape index (κ3) is 2.28. The second kappa shape index (κ2) is 5.64. The molecule has 4 nitrogen and oxygen atoms in total. The number of methoxy groups -OCH3 is 1. The van der Waals surface area contributed by atoms with E-state index in [-0.39, 0.29) is 0 Å². The minimum atomic E-state index is 0.749. The molecule has 0 fully saturated rings. The largest absolute Gasteiger partial charge is 0.495 e. The fourth-order valence-electron chi connectivity index (χ4n) is 2.97. The first-order valence-electron chi connectivity index (χ1n) is 7.01. The summed E-state index contributed by atoms with van der Waals surface area (Å²) in [5.74, 6) is 0.894. The minimum absolute atomic E-state index is 0.749. The first kappa shape index (κ1) is 13.7. The van der Waals surface area contributed by atoms with Crippen LogP contribution in [0.4, 0.5) is 0 Å². The molecular formula is C15H20ClN3O. The monoisotopic (exact) mass is 293 g/mol. The topological polar surface area (TPSA) is 43.4 Å². The van der Waals surface area contributed by atoms with Gasteiger partial charge in [-0.1, -0.05) is 11.6 Å². The smallest absolute Gasteiger partial charge is 0.143 e. The van der Waals surface area contributed by atoms with Gasteiger partial charge in [-0.3, -0.25) is 4.90 Å². The maximum Gasteiger partial charge on any atom is 0.143 e. The molecule has 2 heterocycles. The highest BCUT2D eigenvalue weighted by molar-refractivity contribution is 6.35. The van der Waals surface area contributed by atoms with Gasteiger partial charge >= 0.3 is 0 Å². The lowest BCUT2D eigenvalue weighted by atomic mass is 10.2. The molecular weight excluding hydrogens is 274 g/mol. The predicted molar refractivity (Wildman–Crippen MR) is 82.4 cm³/mol. The van der Waals surface area contributed by atoms with E-state index in [0.717, 1.165) is 60.8 Å². The van der Waals surface area contributed by atoms with Gasteiger partial charge in [-0.15, -0.1) is 0 Å². The Morgan fingerprint density at radius 1 is 1.35 bits per heavy atom. The van der Waals surface area contributed by atoms with Crippen molar-refractivity contribution in [1.82, 2.24) is 9.47 Å². The van der Waals surface area contributed by atoms with E-state index in [9.17, 15) is 0 Å². The summed E-state index contributed by atoms with van der Waals surface area (Å²) in [7, 11) is 1.71. The average molecular weight is 294 g/mol. The van der Waals surface area contributed by atoms with Gasteiger partial charge in [0.05, 0.1) is 17.6 Å². The molecule has 1 aromatic heterocycles. The molecule has 1 aliphatic heterocycles. The van der Waals surface area contributed by atoms with Gasteiger partial charge < -0.3 is 15.0 Å². The van der Waals surface area contributed by atoms with Crippen LogP contribution < -0.4 is 10.5 Å². The quantitative estimate of drug-likeness (QED) is 0.942. The molecule has 0 saturated heterocycles. The molecule has 20 heavy (non-hydrogen) atoms. The lowest BCUT2D eigenvalue weighted by molar-refractivity contribution is 0.222. The number of hydrogen-bond acceptors (Lipinski definition) is 3. The standard InChI is InChI=1S/C15H20ClN3O/c1-20-14-4-3-13(16)12-9-11-10-18(6-2-5-17)7-8-19(11)15(12)14/h3-4,9H,2,5-8,10,17H2,1H3. The van der Waals surface area contributed by atoms with E-state index in [1.807, 2.05) is 12.1 Å². The van der Waals surface area contributed by atoms with Crippen LogP contribution in [0.15, 0.2) is 18.2 Å². The fraction of sp³-hybridized carbons (Fsp3) is 0.467. The van der Waals surface area contributed by atoms with E-state index in [1.54, 1.807) is 7.11 Å². The van der Waals surface area contributed by atoms with Crippen molar-refractivity contribution in [1.29, 1.82) is 0 Å². The zero-order chi connectivity index (χ0) is 14.1. The zero-order valence-electron chi connectivity index (χ0n) is 11.7. The SMILES string of the molecule is COc1ccc(Cl)c2cc3n(c12)CCN(CCCN)C3. The van der Waals surface area contributed by atoms with E-state index in [2.05, 4.69) is 15.5 Å². The van der Waals surface area contributed by atoms with Gasteiger partial charge in [0.2, 0.25) is 0 Å². The Hall–Kier alpha value is -1.23. The van der Waals surface area contributed by atoms with Crippen molar-refractivity contribution in [2.45, 2.75) is 19.5 Å². The normalized spacial score (nSPS) is 15.6. The van der Waals surface area contributed by atoms with Crippen LogP contribution >= 0.6 is 11.6 Å². The molecule has 0 bridgehead atoms. The highest BCUT2D eigenvalue weighted by atomic mass is 35.5. The third-order valence-electron chi connectivity index (χ3n) is 3.98. The second-order valence-corrected chi connectivity index (χ2v) is 5.62. The van der Waals surface area contributed by atoms with Crippen molar-refractivity contribution < 1.29 is 4.74 Å². The van der Waals surface area contributed by atoms with E-state index in [0.29, 0.717) is 0 Å². The van der Waals surface area contributed by atoms with Crippen LogP contribution in [0.25, 0.3) is 10.9 Å². The molecule has 5 heteroatoms. The molecule has 3 rings (SSSR count). The zero-order valence-corrected chi connectivity index (χ0v) is 12.5. The molecule has 0 atom stereocenters. The van der Waals surface area contributed by atoms with Gasteiger partial charge in [-0.2, -0.15) is 0 Å². The average Bonchev–Trinajstić information content (AvgIpc) is 2.85. The number of benzene rings is 1. The molecule has 108 valence electrons. The summed E-state index contributed by atoms with van der Waals surface area (Å²) in [4.78, 5) is 2.45. The summed E-state index contributed by atoms with van der Waals surface area (Å²) in [5, 5.41) is 1.87. The fourth-order valence-corrected chi connectivity index (χ4v) is 3.18. The van der Waals surface area contributed by atoms with Crippen molar-refractivity contribution in [2.24, 2.45) is 5.73 Å². The van der Waals surface area contributed by atoms with Crippen molar-refractivity contribution >= 4 is 22.5 Å². The Labute approximate surface area is 124 Å². The molecule has 0 aliphatic carbocycles. The summed E-state index contributed by atoms with van der Waals surface area (Å²) < 4.78 is 7.82. The van der Waals surface area contributed by atoms with Crippen LogP contribution in [0.2, 0.25) is 5.02 Å². The molecule has 0 spiro atoms. The number of nitrogens with zero attached hydrogens (tertiary/aromatic N) is 2. The molecule has 0 amide bonds. The first-order chi connectivity index (χ1) is 9.74. The number of aromatic nitrogens is 1. The highest BCUT2D eigenvalue weighted by Gasteiger charge is 2.21. The van der Waals surface area contributed by atoms with Gasteiger partial charge in [0, 0.05) is 30.7 Å². The lowest BCUT2D eigenvalue weighted by Gasteiger charge is -2.28. The van der Waals surface area contributed by atoms with Gasteiger partial charge in [-0.05, 0) is 37.7 Å². The van der Waals surface area contributed by atoms with Crippen LogP contribution in [0.3, 0.4) is 0 Å². The Balaban J connectivity index is 2.00. The minimum Gasteiger partial charge on any atom is -0.495 e. The number of halogens is 1. The van der Waals surface area contributed by atoms with Crippen molar-refractivity contribution in [3.05, 3.63) is 28.9 Å². The summed E-state index contributed by atoms with van der Waals surface area (Å²) >= 11 is 6.33. The van der Waals surface area contributed by atoms with Crippen LogP contribution in [0, 0.1) is 0 Å². The Kier molecular flexibility index (Phi) is 3.87. The summed E-state index contributed by atoms with van der Waals surface area (Å²) in [6.07, 6.45) is 1.05. The number of nitrogens with two attached hydrogens (primary N) is 1. The van der Waals surface area contributed by atoms with Gasteiger partial charge in [0.15, 0.2) is 0 Å². The van der Waals surface area contributed by atoms with Gasteiger partial charge in [0.1, 0.15) is 5.75 Å². The second-order valence-electron chi connectivity index (χ2n) is 5.22. The Bertz CT molecular complexity index is 623. The highest BCUT2D eigenvalue weighted by Crippen LogP contribution is 2.35. The number of rotatable bonds is 4. The van der Waals surface area contributed by atoms with E-state index >= 15 is 0 Å². The van der Waals surface area contributed by atoms with Crippen LogP contribution in [-0.4, -0.2) is 36.2 Å². The Morgan fingerprint density at radius 2 is 2.20 bits per heavy atom. The van der Waals surface area contributed by atoms with Crippen LogP contribution in [0.1, 0.15) is 12.1 Å². The molecule has 0 saturated carbocycles. The molecule has 0 unspecified atom stereocenters. The summed E-state index contributed by atoms with van der Waals surface area (Å²) in [6.45, 7) is 4.78. The molecule has 2 N–H and O–H groups in total. The maximum atomic E-state index is 6.33. The number of ether oxygens (including phenoxy) is 1. The van der Waals surface area contributed by atoms with Crippen molar-refractivity contribution in [3.8, 4) is 5.75 Å². The van der Waals surface area contributed by atoms with Gasteiger partial charge in [0.25, 0.3) is 0 Å². The Morgan fingerprint density at radius 3 is 2.95 bits per heavy atom. The van der Waals surface area contributed by atoms with E-state index in [1.165, 1.54) is 5.69 Å². The molecule has 1 aliphatic rings. The maximum absolute atomic E-state index is 6.33. The molecule has 0 radical (unpaired) electrons. The van der Waals surface area contributed by atoms with E-state index in [4.69, 9.17) is 22.1 Å². The third-order valence-corrected chi connectivity index (χ3v) is 4.31. The first-order valence-corrected chi connectivity index (χ1v) is 7.39. The van der Waals surface area contributed by atoms with Crippen molar-refractivity contribution in [3.63, 3.8) is 0 Å². The van der Waals surface area contributed by atoms with Crippen molar-refractivity contribution in [2.75, 3.05) is 26.7 Å². The summed E-state index contributed by atoms with van der Waals surface area (Å²) in [6, 6.07) is 6.04. The van der Waals surface area contributed by atoms with Crippen LogP contribution in [0.5, 0.6) is 5.75 Å². The van der Waals surface area contributed by atoms with E-state index < -0.39 is 0 Å². The van der Waals surface area contributed by atoms with Crippen LogP contribution in [-0.2, 0) is 13.1 Å². The van der Waals surface area contributed by atoms with Gasteiger partial charge in [-0.25, -0.2) is 0 Å². The lowest BCUT2D eigenvalue weighted by Crippen LogP contribution is -2.34. The summed E-state index contributed by atoms with van der Waals surface area (Å²) in [5.41, 5.74) is 8.01. The predicted octanol–water partition coefficient (Wildman–Crippen LogP) is 2.47.